The zero-order valence-electron chi connectivity index (χ0n) is 20.6. The molecule has 36 heavy (non-hydrogen) atoms. The van der Waals surface area contributed by atoms with Gasteiger partial charge in [-0.2, -0.15) is 0 Å². The van der Waals surface area contributed by atoms with E-state index in [1.165, 1.54) is 0 Å². The van der Waals surface area contributed by atoms with Crippen molar-refractivity contribution in [2.75, 3.05) is 0 Å². The summed E-state index contributed by atoms with van der Waals surface area (Å²) in [5.74, 6) is 0. The Morgan fingerprint density at radius 2 is 1.67 bits per heavy atom. The second-order valence-electron chi connectivity index (χ2n) is 10.7. The fraction of sp³-hybridized carbons (Fsp3) is 0.393. The van der Waals surface area contributed by atoms with Crippen LogP contribution in [0.4, 0.5) is 4.79 Å². The van der Waals surface area contributed by atoms with Crippen molar-refractivity contribution in [3.63, 3.8) is 0 Å². The number of carbonyl (C=O) groups is 1. The number of carbonyl (C=O) groups excluding carboxylic acids is 1. The van der Waals surface area contributed by atoms with Crippen molar-refractivity contribution in [2.24, 2.45) is 0 Å². The van der Waals surface area contributed by atoms with Crippen molar-refractivity contribution in [1.82, 2.24) is 10.2 Å². The molecule has 190 valence electrons. The van der Waals surface area contributed by atoms with E-state index in [4.69, 9.17) is 4.74 Å². The van der Waals surface area contributed by atoms with Crippen LogP contribution in [0.5, 0.6) is 0 Å². The summed E-state index contributed by atoms with van der Waals surface area (Å²) in [7, 11) is -3.72. The predicted molar refractivity (Wildman–Crippen MR) is 145 cm³/mol. The largest absolute Gasteiger partial charge is 0.444 e. The topological polar surface area (TPSA) is 75.7 Å². The number of hydrogen-bond donors (Lipinski definition) is 1. The fourth-order valence-electron chi connectivity index (χ4n) is 5.60. The number of halogens is 1. The summed E-state index contributed by atoms with van der Waals surface area (Å²) in [6.07, 6.45) is 0.936. The van der Waals surface area contributed by atoms with Gasteiger partial charge in [0.1, 0.15) is 10.9 Å². The Labute approximate surface area is 221 Å². The smallest absolute Gasteiger partial charge is 0.410 e. The molecule has 5 rings (SSSR count). The number of hydrogen-bond acceptors (Lipinski definition) is 5. The van der Waals surface area contributed by atoms with Gasteiger partial charge in [0.2, 0.25) is 0 Å². The second kappa shape index (κ2) is 9.47. The summed E-state index contributed by atoms with van der Waals surface area (Å²) in [5.41, 5.74) is 0.410. The molecule has 0 saturated carbocycles. The molecule has 3 aromatic rings. The molecule has 0 aliphatic carbocycles. The van der Waals surface area contributed by atoms with E-state index in [0.29, 0.717) is 13.0 Å². The predicted octanol–water partition coefficient (Wildman–Crippen LogP) is 5.68. The van der Waals surface area contributed by atoms with Gasteiger partial charge < -0.3 is 10.1 Å². The first-order valence-electron chi connectivity index (χ1n) is 12.3. The molecule has 2 heterocycles. The molecule has 2 aliphatic heterocycles. The molecule has 1 amide bonds. The minimum absolute atomic E-state index is 0.250. The molecule has 8 heteroatoms. The Balaban J connectivity index is 1.47. The van der Waals surface area contributed by atoms with Crippen molar-refractivity contribution in [3.05, 3.63) is 76.8 Å². The molecule has 4 atom stereocenters. The van der Waals surface area contributed by atoms with Crippen LogP contribution in [0.3, 0.4) is 0 Å². The molecule has 2 aliphatic rings. The van der Waals surface area contributed by atoms with E-state index in [9.17, 15) is 13.2 Å². The van der Waals surface area contributed by atoms with Gasteiger partial charge in [-0.25, -0.2) is 13.2 Å². The molecule has 6 nitrogen and oxygen atoms in total. The monoisotopic (exact) mass is 570 g/mol. The number of amides is 1. The SMILES string of the molecule is CC(C)(C)OC(=O)N1[C@@H]2CC[C@H]1[C@@H](S(=O)(=O)c1ccc(Br)cc1)[C@@H]2NCc1ccc2ccccc2c1. The first-order chi connectivity index (χ1) is 17.0. The van der Waals surface area contributed by atoms with Gasteiger partial charge in [0.25, 0.3) is 0 Å². The Hall–Kier alpha value is -2.42. The van der Waals surface area contributed by atoms with Gasteiger partial charge in [0.15, 0.2) is 9.84 Å². The van der Waals surface area contributed by atoms with Crippen molar-refractivity contribution in [2.45, 2.75) is 74.0 Å². The third-order valence-electron chi connectivity index (χ3n) is 7.08. The summed E-state index contributed by atoms with van der Waals surface area (Å²) < 4.78 is 34.4. The van der Waals surface area contributed by atoms with Gasteiger partial charge >= 0.3 is 6.09 Å². The van der Waals surface area contributed by atoms with Gasteiger partial charge in [-0.1, -0.05) is 52.3 Å². The lowest BCUT2D eigenvalue weighted by Crippen LogP contribution is -2.50. The average Bonchev–Trinajstić information content (AvgIpc) is 3.38. The van der Waals surface area contributed by atoms with Crippen LogP contribution in [0.2, 0.25) is 0 Å². The minimum atomic E-state index is -3.72. The molecule has 0 aromatic heterocycles. The maximum Gasteiger partial charge on any atom is 0.410 e. The highest BCUT2D eigenvalue weighted by molar-refractivity contribution is 9.10. The summed E-state index contributed by atoms with van der Waals surface area (Å²) in [5, 5.41) is 5.08. The summed E-state index contributed by atoms with van der Waals surface area (Å²) >= 11 is 3.39. The fourth-order valence-corrected chi connectivity index (χ4v) is 8.04. The third-order valence-corrected chi connectivity index (χ3v) is 9.86. The minimum Gasteiger partial charge on any atom is -0.444 e. The molecule has 2 saturated heterocycles. The Morgan fingerprint density at radius 1 is 1.00 bits per heavy atom. The van der Waals surface area contributed by atoms with Crippen LogP contribution in [0.1, 0.15) is 39.2 Å². The van der Waals surface area contributed by atoms with Crippen LogP contribution in [-0.4, -0.2) is 48.4 Å². The Kier molecular flexibility index (Phi) is 6.64. The van der Waals surface area contributed by atoms with Gasteiger partial charge in [-0.3, -0.25) is 4.90 Å². The second-order valence-corrected chi connectivity index (χ2v) is 13.7. The van der Waals surface area contributed by atoms with Crippen molar-refractivity contribution in [1.29, 1.82) is 0 Å². The molecule has 1 N–H and O–H groups in total. The zero-order chi connectivity index (χ0) is 25.7. The maximum atomic E-state index is 14.0. The molecule has 0 radical (unpaired) electrons. The molecular formula is C28H31BrN2O4S. The molecule has 2 fully saturated rings. The number of nitrogens with one attached hydrogen (secondary N) is 1. The van der Waals surface area contributed by atoms with Crippen molar-refractivity contribution < 1.29 is 17.9 Å². The van der Waals surface area contributed by atoms with E-state index >= 15 is 0 Å². The van der Waals surface area contributed by atoms with E-state index in [2.05, 4.69) is 51.6 Å². The molecule has 2 bridgehead atoms. The first-order valence-corrected chi connectivity index (χ1v) is 14.6. The van der Waals surface area contributed by atoms with Crippen molar-refractivity contribution in [3.8, 4) is 0 Å². The van der Waals surface area contributed by atoms with Crippen LogP contribution in [0, 0.1) is 0 Å². The standard InChI is InChI=1S/C28H31BrN2O4S/c1-28(2,3)35-27(32)31-23-14-15-24(31)26(36(33,34)22-12-10-21(29)11-13-22)25(23)30-17-18-8-9-19-6-4-5-7-20(19)16-18/h4-13,16,23-26,30H,14-15,17H2,1-3H3/t23-,24+,25-,26-/m1/s1. The summed E-state index contributed by atoms with van der Waals surface area (Å²) in [6.45, 7) is 5.99. The lowest BCUT2D eigenvalue weighted by Gasteiger charge is -2.29. The highest BCUT2D eigenvalue weighted by Gasteiger charge is 2.60. The molecule has 0 spiro atoms. The number of rotatable bonds is 5. The van der Waals surface area contributed by atoms with Crippen LogP contribution in [0.15, 0.2) is 76.1 Å². The van der Waals surface area contributed by atoms with Gasteiger partial charge in [-0.05, 0) is 80.3 Å². The first kappa shape index (κ1) is 25.2. The van der Waals surface area contributed by atoms with E-state index in [1.54, 1.807) is 29.2 Å². The molecular weight excluding hydrogens is 540 g/mol. The Bertz CT molecular complexity index is 1380. The summed E-state index contributed by atoms with van der Waals surface area (Å²) in [6, 6.07) is 20.1. The maximum absolute atomic E-state index is 14.0. The van der Waals surface area contributed by atoms with E-state index in [0.717, 1.165) is 27.2 Å². The highest BCUT2D eigenvalue weighted by Crippen LogP contribution is 2.44. The molecule has 3 aromatic carbocycles. The van der Waals surface area contributed by atoms with E-state index in [-0.39, 0.29) is 10.9 Å². The van der Waals surface area contributed by atoms with Crippen LogP contribution in [-0.2, 0) is 21.1 Å². The third kappa shape index (κ3) is 4.78. The van der Waals surface area contributed by atoms with Crippen molar-refractivity contribution >= 4 is 42.6 Å². The van der Waals surface area contributed by atoms with Crippen LogP contribution >= 0.6 is 15.9 Å². The number of sulfone groups is 1. The van der Waals surface area contributed by atoms with Crippen LogP contribution < -0.4 is 5.32 Å². The lowest BCUT2D eigenvalue weighted by atomic mass is 9.94. The normalized spacial score (nSPS) is 23.8. The van der Waals surface area contributed by atoms with Gasteiger partial charge in [-0.15, -0.1) is 0 Å². The van der Waals surface area contributed by atoms with E-state index in [1.807, 2.05) is 32.9 Å². The van der Waals surface area contributed by atoms with E-state index < -0.39 is 38.9 Å². The summed E-state index contributed by atoms with van der Waals surface area (Å²) in [4.78, 5) is 15.2. The quantitative estimate of drug-likeness (QED) is 0.426. The highest BCUT2D eigenvalue weighted by atomic mass is 79.9. The van der Waals surface area contributed by atoms with Gasteiger partial charge in [0, 0.05) is 17.1 Å². The van der Waals surface area contributed by atoms with Gasteiger partial charge in [0.05, 0.1) is 17.0 Å². The molecule has 0 unspecified atom stereocenters. The number of ether oxygens (including phenoxy) is 1. The lowest BCUT2D eigenvalue weighted by molar-refractivity contribution is 0.0210. The zero-order valence-corrected chi connectivity index (χ0v) is 23.1. The average molecular weight is 572 g/mol. The number of nitrogens with zero attached hydrogens (tertiary/aromatic N) is 1. The Morgan fingerprint density at radius 3 is 2.36 bits per heavy atom. The number of fused-ring (bicyclic) bond motifs is 3. The number of benzene rings is 3. The van der Waals surface area contributed by atoms with Crippen LogP contribution in [0.25, 0.3) is 10.8 Å².